The second-order valence-electron chi connectivity index (χ2n) is 6.22. The van der Waals surface area contributed by atoms with Gasteiger partial charge in [-0.2, -0.15) is 0 Å². The van der Waals surface area contributed by atoms with E-state index in [9.17, 15) is 9.90 Å². The summed E-state index contributed by atoms with van der Waals surface area (Å²) in [4.78, 5) is 14.3. The van der Waals surface area contributed by atoms with Gasteiger partial charge in [-0.3, -0.25) is 9.69 Å². The molecule has 1 aliphatic carbocycles. The molecule has 1 heterocycles. The maximum absolute atomic E-state index is 12.0. The highest BCUT2D eigenvalue weighted by Crippen LogP contribution is 2.35. The highest BCUT2D eigenvalue weighted by atomic mass is 16.3. The summed E-state index contributed by atoms with van der Waals surface area (Å²) in [6.45, 7) is 5.62. The normalized spacial score (nSPS) is 33.5. The minimum atomic E-state index is -0.150. The summed E-state index contributed by atoms with van der Waals surface area (Å²) < 4.78 is 0. The number of rotatable bonds is 5. The van der Waals surface area contributed by atoms with E-state index < -0.39 is 0 Å². The van der Waals surface area contributed by atoms with Gasteiger partial charge in [0, 0.05) is 18.0 Å². The van der Waals surface area contributed by atoms with Gasteiger partial charge in [0.2, 0.25) is 5.91 Å². The Hall–Kier alpha value is -0.610. The van der Waals surface area contributed by atoms with Crippen LogP contribution in [0.3, 0.4) is 0 Å². The molecule has 2 aliphatic rings. The Morgan fingerprint density at radius 1 is 1.37 bits per heavy atom. The molecule has 0 bridgehead atoms. The fraction of sp³-hybridized carbons (Fsp3) is 0.933. The molecule has 4 unspecified atom stereocenters. The van der Waals surface area contributed by atoms with Crippen LogP contribution in [0.5, 0.6) is 0 Å². The van der Waals surface area contributed by atoms with Crippen LogP contribution in [-0.2, 0) is 4.79 Å². The Labute approximate surface area is 116 Å². The van der Waals surface area contributed by atoms with Crippen LogP contribution >= 0.6 is 0 Å². The molecule has 0 spiro atoms. The van der Waals surface area contributed by atoms with E-state index in [1.807, 2.05) is 6.92 Å². The number of carbonyl (C=O) groups excluding carboxylic acids is 1. The number of hydrogen-bond acceptors (Lipinski definition) is 3. The molecule has 1 saturated carbocycles. The summed E-state index contributed by atoms with van der Waals surface area (Å²) in [5.41, 5.74) is 0. The average Bonchev–Trinajstić information content (AvgIpc) is 2.97. The van der Waals surface area contributed by atoms with Crippen molar-refractivity contribution in [3.05, 3.63) is 0 Å². The Balaban J connectivity index is 1.86. The zero-order valence-electron chi connectivity index (χ0n) is 12.3. The van der Waals surface area contributed by atoms with Gasteiger partial charge in [0.25, 0.3) is 0 Å². The Bertz CT molecular complexity index is 309. The summed E-state index contributed by atoms with van der Waals surface area (Å²) in [6, 6.07) is 0.672. The standard InChI is InChI=1S/C15H28N2O2/c1-3-11(2)16-15(19)10-17-9-5-7-13(17)12-6-4-8-14(12)18/h11-14,18H,3-10H2,1-2H3,(H,16,19). The first-order valence-corrected chi connectivity index (χ1v) is 7.83. The molecular formula is C15H28N2O2. The van der Waals surface area contributed by atoms with Crippen molar-refractivity contribution in [2.24, 2.45) is 5.92 Å². The number of aliphatic hydroxyl groups excluding tert-OH is 1. The van der Waals surface area contributed by atoms with Crippen molar-refractivity contribution >= 4 is 5.91 Å². The van der Waals surface area contributed by atoms with Gasteiger partial charge in [0.15, 0.2) is 0 Å². The van der Waals surface area contributed by atoms with Crippen molar-refractivity contribution in [1.29, 1.82) is 0 Å². The Morgan fingerprint density at radius 3 is 2.79 bits per heavy atom. The zero-order valence-corrected chi connectivity index (χ0v) is 12.3. The summed E-state index contributed by atoms with van der Waals surface area (Å²) in [5, 5.41) is 13.1. The lowest BCUT2D eigenvalue weighted by molar-refractivity contribution is -0.123. The van der Waals surface area contributed by atoms with Crippen LogP contribution in [0.2, 0.25) is 0 Å². The summed E-state index contributed by atoms with van der Waals surface area (Å²) in [7, 11) is 0. The number of likely N-dealkylation sites (tertiary alicyclic amines) is 1. The van der Waals surface area contributed by atoms with Gasteiger partial charge in [-0.05, 0) is 45.6 Å². The number of hydrogen-bond donors (Lipinski definition) is 2. The third-order valence-corrected chi connectivity index (χ3v) is 4.81. The molecule has 19 heavy (non-hydrogen) atoms. The first-order valence-electron chi connectivity index (χ1n) is 7.83. The van der Waals surface area contributed by atoms with Gasteiger partial charge in [-0.1, -0.05) is 13.3 Å². The van der Waals surface area contributed by atoms with E-state index in [4.69, 9.17) is 0 Å². The van der Waals surface area contributed by atoms with Crippen LogP contribution < -0.4 is 5.32 Å². The monoisotopic (exact) mass is 268 g/mol. The van der Waals surface area contributed by atoms with E-state index in [2.05, 4.69) is 17.1 Å². The third-order valence-electron chi connectivity index (χ3n) is 4.81. The van der Waals surface area contributed by atoms with E-state index in [-0.39, 0.29) is 18.1 Å². The molecule has 4 heteroatoms. The van der Waals surface area contributed by atoms with Crippen LogP contribution in [0.4, 0.5) is 0 Å². The van der Waals surface area contributed by atoms with E-state index in [0.29, 0.717) is 18.5 Å². The topological polar surface area (TPSA) is 52.6 Å². The fourth-order valence-electron chi connectivity index (χ4n) is 3.56. The van der Waals surface area contributed by atoms with Gasteiger partial charge >= 0.3 is 0 Å². The number of carbonyl (C=O) groups is 1. The van der Waals surface area contributed by atoms with Crippen LogP contribution in [0.15, 0.2) is 0 Å². The van der Waals surface area contributed by atoms with Crippen LogP contribution in [0, 0.1) is 5.92 Å². The molecule has 2 rings (SSSR count). The van der Waals surface area contributed by atoms with E-state index in [0.717, 1.165) is 45.1 Å². The minimum absolute atomic E-state index is 0.133. The largest absolute Gasteiger partial charge is 0.393 e. The Kier molecular flexibility index (Phi) is 5.22. The number of aliphatic hydroxyl groups is 1. The highest BCUT2D eigenvalue weighted by Gasteiger charge is 2.38. The van der Waals surface area contributed by atoms with Gasteiger partial charge in [0.1, 0.15) is 0 Å². The molecule has 0 aromatic heterocycles. The predicted octanol–water partition coefficient (Wildman–Crippen LogP) is 1.53. The van der Waals surface area contributed by atoms with Crippen LogP contribution in [-0.4, -0.2) is 47.2 Å². The van der Waals surface area contributed by atoms with Gasteiger partial charge in [0.05, 0.1) is 12.6 Å². The van der Waals surface area contributed by atoms with E-state index >= 15 is 0 Å². The van der Waals surface area contributed by atoms with Crippen molar-refractivity contribution in [1.82, 2.24) is 10.2 Å². The number of nitrogens with one attached hydrogen (secondary N) is 1. The number of nitrogens with zero attached hydrogens (tertiary/aromatic N) is 1. The molecule has 2 N–H and O–H groups in total. The summed E-state index contributed by atoms with van der Waals surface area (Å²) >= 11 is 0. The Morgan fingerprint density at radius 2 is 2.16 bits per heavy atom. The van der Waals surface area contributed by atoms with E-state index in [1.165, 1.54) is 0 Å². The molecular weight excluding hydrogens is 240 g/mol. The lowest BCUT2D eigenvalue weighted by atomic mass is 9.94. The average molecular weight is 268 g/mol. The van der Waals surface area contributed by atoms with Crippen LogP contribution in [0.1, 0.15) is 52.4 Å². The summed E-state index contributed by atoms with van der Waals surface area (Å²) in [5.74, 6) is 0.521. The molecule has 4 nitrogen and oxygen atoms in total. The quantitative estimate of drug-likeness (QED) is 0.795. The predicted molar refractivity (Wildman–Crippen MR) is 75.8 cm³/mol. The van der Waals surface area contributed by atoms with E-state index in [1.54, 1.807) is 0 Å². The highest BCUT2D eigenvalue weighted by molar-refractivity contribution is 5.78. The molecule has 4 atom stereocenters. The molecule has 0 radical (unpaired) electrons. The minimum Gasteiger partial charge on any atom is -0.393 e. The van der Waals surface area contributed by atoms with Crippen molar-refractivity contribution < 1.29 is 9.90 Å². The molecule has 1 saturated heterocycles. The first kappa shape index (κ1) is 14.8. The molecule has 0 aromatic carbocycles. The number of amides is 1. The first-order chi connectivity index (χ1) is 9.11. The molecule has 2 fully saturated rings. The SMILES string of the molecule is CCC(C)NC(=O)CN1CCCC1C1CCCC1O. The van der Waals surface area contributed by atoms with Crippen molar-refractivity contribution in [3.8, 4) is 0 Å². The fourth-order valence-corrected chi connectivity index (χ4v) is 3.56. The lowest BCUT2D eigenvalue weighted by Crippen LogP contribution is -2.45. The van der Waals surface area contributed by atoms with Gasteiger partial charge in [-0.25, -0.2) is 0 Å². The van der Waals surface area contributed by atoms with Crippen molar-refractivity contribution in [2.75, 3.05) is 13.1 Å². The van der Waals surface area contributed by atoms with Crippen molar-refractivity contribution in [2.45, 2.75) is 70.6 Å². The molecule has 110 valence electrons. The molecule has 0 aromatic rings. The molecule has 1 aliphatic heterocycles. The maximum Gasteiger partial charge on any atom is 0.234 e. The smallest absolute Gasteiger partial charge is 0.234 e. The van der Waals surface area contributed by atoms with Crippen molar-refractivity contribution in [3.63, 3.8) is 0 Å². The summed E-state index contributed by atoms with van der Waals surface area (Å²) in [6.07, 6.45) is 6.31. The molecule has 1 amide bonds. The second-order valence-corrected chi connectivity index (χ2v) is 6.22. The van der Waals surface area contributed by atoms with Gasteiger partial charge < -0.3 is 10.4 Å². The maximum atomic E-state index is 12.0. The second kappa shape index (κ2) is 6.71. The van der Waals surface area contributed by atoms with Gasteiger partial charge in [-0.15, -0.1) is 0 Å². The zero-order chi connectivity index (χ0) is 13.8. The van der Waals surface area contributed by atoms with Crippen LogP contribution in [0.25, 0.3) is 0 Å². The lowest BCUT2D eigenvalue weighted by Gasteiger charge is -2.31. The third kappa shape index (κ3) is 3.69.